The van der Waals surface area contributed by atoms with Crippen molar-refractivity contribution in [3.05, 3.63) is 29.8 Å². The Morgan fingerprint density at radius 2 is 1.87 bits per heavy atom. The molecule has 1 aromatic rings. The number of hydrogen-bond donors (Lipinski definition) is 0. The van der Waals surface area contributed by atoms with Gasteiger partial charge in [-0.05, 0) is 43.7 Å². The zero-order chi connectivity index (χ0) is 10.5. The molecule has 1 saturated carbocycles. The van der Waals surface area contributed by atoms with Crippen molar-refractivity contribution in [3.63, 3.8) is 0 Å². The van der Waals surface area contributed by atoms with Gasteiger partial charge in [-0.15, -0.1) is 0 Å². The van der Waals surface area contributed by atoms with Crippen LogP contribution in [-0.2, 0) is 6.42 Å². The van der Waals surface area contributed by atoms with Gasteiger partial charge in [-0.3, -0.25) is 0 Å². The zero-order valence-electron chi connectivity index (χ0n) is 9.54. The zero-order valence-corrected chi connectivity index (χ0v) is 9.54. The van der Waals surface area contributed by atoms with Crippen LogP contribution < -0.4 is 4.74 Å². The van der Waals surface area contributed by atoms with Crippen LogP contribution in [0, 0.1) is 0 Å². The molecule has 0 unspecified atom stereocenters. The summed E-state index contributed by atoms with van der Waals surface area (Å²) in [5.41, 5.74) is 1.34. The Hall–Kier alpha value is -0.980. The first-order chi connectivity index (χ1) is 7.40. The van der Waals surface area contributed by atoms with Crippen molar-refractivity contribution in [1.82, 2.24) is 0 Å². The maximum absolute atomic E-state index is 6.08. The van der Waals surface area contributed by atoms with Crippen LogP contribution in [0.25, 0.3) is 0 Å². The molecule has 0 radical (unpaired) electrons. The molecular formula is C14H20O. The van der Waals surface area contributed by atoms with Gasteiger partial charge in [-0.25, -0.2) is 0 Å². The first-order valence-corrected chi connectivity index (χ1v) is 6.14. The van der Waals surface area contributed by atoms with E-state index in [1.54, 1.807) is 0 Å². The minimum absolute atomic E-state index is 0.464. The molecule has 0 amide bonds. The maximum Gasteiger partial charge on any atom is 0.122 e. The highest BCUT2D eigenvalue weighted by molar-refractivity contribution is 5.33. The summed E-state index contributed by atoms with van der Waals surface area (Å²) in [5.74, 6) is 1.10. The molecule has 0 saturated heterocycles. The highest BCUT2D eigenvalue weighted by atomic mass is 16.5. The molecule has 2 rings (SSSR count). The quantitative estimate of drug-likeness (QED) is 0.724. The first kappa shape index (κ1) is 10.5. The third kappa shape index (κ3) is 2.74. The number of benzene rings is 1. The summed E-state index contributed by atoms with van der Waals surface area (Å²) >= 11 is 0. The largest absolute Gasteiger partial charge is 0.490 e. The van der Waals surface area contributed by atoms with Crippen LogP contribution in [0.1, 0.15) is 44.6 Å². The van der Waals surface area contributed by atoms with Crippen LogP contribution >= 0.6 is 0 Å². The SMILES string of the molecule is CCc1ccccc1OC1CCCCC1. The molecule has 0 aliphatic heterocycles. The van der Waals surface area contributed by atoms with E-state index in [0.717, 1.165) is 12.2 Å². The van der Waals surface area contributed by atoms with Crippen LogP contribution in [-0.4, -0.2) is 6.10 Å². The van der Waals surface area contributed by atoms with Crippen LogP contribution in [0.3, 0.4) is 0 Å². The van der Waals surface area contributed by atoms with Crippen molar-refractivity contribution < 1.29 is 4.74 Å². The van der Waals surface area contributed by atoms with E-state index in [2.05, 4.69) is 31.2 Å². The average molecular weight is 204 g/mol. The molecule has 0 atom stereocenters. The third-order valence-corrected chi connectivity index (χ3v) is 3.20. The second-order valence-electron chi connectivity index (χ2n) is 4.34. The van der Waals surface area contributed by atoms with Crippen molar-refractivity contribution >= 4 is 0 Å². The van der Waals surface area contributed by atoms with E-state index in [1.807, 2.05) is 0 Å². The molecule has 1 fully saturated rings. The molecule has 0 spiro atoms. The summed E-state index contributed by atoms with van der Waals surface area (Å²) in [7, 11) is 0. The van der Waals surface area contributed by atoms with Gasteiger partial charge in [0.2, 0.25) is 0 Å². The van der Waals surface area contributed by atoms with Gasteiger partial charge in [0.25, 0.3) is 0 Å². The lowest BCUT2D eigenvalue weighted by atomic mass is 9.97. The highest BCUT2D eigenvalue weighted by Gasteiger charge is 2.15. The fraction of sp³-hybridized carbons (Fsp3) is 0.571. The van der Waals surface area contributed by atoms with Crippen molar-refractivity contribution in [2.45, 2.75) is 51.6 Å². The Kier molecular flexibility index (Phi) is 3.65. The molecule has 1 heteroatoms. The molecule has 1 aromatic carbocycles. The van der Waals surface area contributed by atoms with Gasteiger partial charge < -0.3 is 4.74 Å². The fourth-order valence-corrected chi connectivity index (χ4v) is 2.27. The Labute approximate surface area is 92.5 Å². The second-order valence-corrected chi connectivity index (χ2v) is 4.34. The third-order valence-electron chi connectivity index (χ3n) is 3.20. The predicted molar refractivity (Wildman–Crippen MR) is 63.3 cm³/mol. The van der Waals surface area contributed by atoms with E-state index in [4.69, 9.17) is 4.74 Å². The summed E-state index contributed by atoms with van der Waals surface area (Å²) in [6, 6.07) is 8.43. The molecule has 0 bridgehead atoms. The summed E-state index contributed by atoms with van der Waals surface area (Å²) in [6.45, 7) is 2.18. The van der Waals surface area contributed by atoms with E-state index in [1.165, 1.54) is 37.7 Å². The predicted octanol–water partition coefficient (Wildman–Crippen LogP) is 3.96. The lowest BCUT2D eigenvalue weighted by molar-refractivity contribution is 0.153. The summed E-state index contributed by atoms with van der Waals surface area (Å²) < 4.78 is 6.08. The van der Waals surface area contributed by atoms with E-state index in [-0.39, 0.29) is 0 Å². The second kappa shape index (κ2) is 5.20. The van der Waals surface area contributed by atoms with E-state index < -0.39 is 0 Å². The van der Waals surface area contributed by atoms with Gasteiger partial charge in [-0.1, -0.05) is 31.5 Å². The van der Waals surface area contributed by atoms with Crippen molar-refractivity contribution in [1.29, 1.82) is 0 Å². The Morgan fingerprint density at radius 3 is 2.60 bits per heavy atom. The molecule has 1 nitrogen and oxygen atoms in total. The Balaban J connectivity index is 2.02. The van der Waals surface area contributed by atoms with Crippen LogP contribution in [0.15, 0.2) is 24.3 Å². The van der Waals surface area contributed by atoms with E-state index >= 15 is 0 Å². The Morgan fingerprint density at radius 1 is 1.13 bits per heavy atom. The Bertz CT molecular complexity index is 300. The van der Waals surface area contributed by atoms with Crippen LogP contribution in [0.5, 0.6) is 5.75 Å². The molecular weight excluding hydrogens is 184 g/mol. The smallest absolute Gasteiger partial charge is 0.122 e. The van der Waals surface area contributed by atoms with E-state index in [9.17, 15) is 0 Å². The van der Waals surface area contributed by atoms with Gasteiger partial charge in [0.15, 0.2) is 0 Å². The molecule has 0 heterocycles. The number of hydrogen-bond acceptors (Lipinski definition) is 1. The molecule has 0 N–H and O–H groups in total. The van der Waals surface area contributed by atoms with Crippen molar-refractivity contribution in [2.24, 2.45) is 0 Å². The van der Waals surface area contributed by atoms with Crippen molar-refractivity contribution in [2.75, 3.05) is 0 Å². The maximum atomic E-state index is 6.08. The van der Waals surface area contributed by atoms with Crippen LogP contribution in [0.2, 0.25) is 0 Å². The summed E-state index contributed by atoms with van der Waals surface area (Å²) in [4.78, 5) is 0. The normalized spacial score (nSPS) is 17.7. The molecule has 1 aliphatic rings. The monoisotopic (exact) mass is 204 g/mol. The summed E-state index contributed by atoms with van der Waals surface area (Å²) in [6.07, 6.45) is 8.04. The summed E-state index contributed by atoms with van der Waals surface area (Å²) in [5, 5.41) is 0. The topological polar surface area (TPSA) is 9.23 Å². The molecule has 15 heavy (non-hydrogen) atoms. The van der Waals surface area contributed by atoms with Crippen LogP contribution in [0.4, 0.5) is 0 Å². The van der Waals surface area contributed by atoms with Gasteiger partial charge in [0.05, 0.1) is 6.10 Å². The molecule has 82 valence electrons. The van der Waals surface area contributed by atoms with E-state index in [0.29, 0.717) is 6.10 Å². The highest BCUT2D eigenvalue weighted by Crippen LogP contribution is 2.25. The standard InChI is InChI=1S/C14H20O/c1-2-12-8-6-7-11-14(12)15-13-9-4-3-5-10-13/h6-8,11,13H,2-5,9-10H2,1H3. The number of aryl methyl sites for hydroxylation is 1. The molecule has 1 aliphatic carbocycles. The lowest BCUT2D eigenvalue weighted by Gasteiger charge is -2.24. The lowest BCUT2D eigenvalue weighted by Crippen LogP contribution is -2.20. The van der Waals surface area contributed by atoms with Crippen molar-refractivity contribution in [3.8, 4) is 5.75 Å². The van der Waals surface area contributed by atoms with Gasteiger partial charge in [0.1, 0.15) is 5.75 Å². The number of para-hydroxylation sites is 1. The fourth-order valence-electron chi connectivity index (χ4n) is 2.27. The van der Waals surface area contributed by atoms with Gasteiger partial charge >= 0.3 is 0 Å². The van der Waals surface area contributed by atoms with Gasteiger partial charge in [-0.2, -0.15) is 0 Å². The number of ether oxygens (including phenoxy) is 1. The number of rotatable bonds is 3. The average Bonchev–Trinajstić information content (AvgIpc) is 2.31. The van der Waals surface area contributed by atoms with Gasteiger partial charge in [0, 0.05) is 0 Å². The minimum atomic E-state index is 0.464. The minimum Gasteiger partial charge on any atom is -0.490 e. The molecule has 0 aromatic heterocycles. The first-order valence-electron chi connectivity index (χ1n) is 6.14.